The predicted molar refractivity (Wildman–Crippen MR) is 109 cm³/mol. The Hall–Kier alpha value is -2.16. The molecule has 0 spiro atoms. The summed E-state index contributed by atoms with van der Waals surface area (Å²) in [6, 6.07) is 3.54. The predicted octanol–water partition coefficient (Wildman–Crippen LogP) is 2.97. The van der Waals surface area contributed by atoms with Crippen molar-refractivity contribution in [3.05, 3.63) is 33.6 Å². The Morgan fingerprint density at radius 3 is 2.43 bits per heavy atom. The van der Waals surface area contributed by atoms with E-state index in [2.05, 4.69) is 9.38 Å². The van der Waals surface area contributed by atoms with Gasteiger partial charge in [-0.2, -0.15) is 4.40 Å². The molecule has 9 heteroatoms. The monoisotopic (exact) mass is 410 g/mol. The van der Waals surface area contributed by atoms with Crippen LogP contribution in [-0.4, -0.2) is 43.2 Å². The van der Waals surface area contributed by atoms with Gasteiger partial charge >= 0.3 is 0 Å². The average Bonchev–Trinajstić information content (AvgIpc) is 2.54. The van der Waals surface area contributed by atoms with Crippen LogP contribution in [0.4, 0.5) is 14.7 Å². The van der Waals surface area contributed by atoms with E-state index in [1.165, 1.54) is 16.5 Å². The molecule has 28 heavy (non-hydrogen) atoms. The van der Waals surface area contributed by atoms with E-state index in [1.54, 1.807) is 13.0 Å². The largest absolute Gasteiger partial charge is 0.330 e. The van der Waals surface area contributed by atoms with E-state index in [9.17, 15) is 17.8 Å². The number of anilines is 1. The zero-order chi connectivity index (χ0) is 21.0. The highest BCUT2D eigenvalue weighted by molar-refractivity contribution is 7.85. The molecular formula is C19H24F2N4O2S. The Balaban J connectivity index is 2.21. The summed E-state index contributed by atoms with van der Waals surface area (Å²) < 4.78 is 44.2. The van der Waals surface area contributed by atoms with E-state index in [4.69, 9.17) is 0 Å². The normalized spacial score (nSPS) is 18.3. The number of nitrogens with zero attached hydrogens (tertiary/aromatic N) is 4. The van der Waals surface area contributed by atoms with E-state index < -0.39 is 34.7 Å². The first-order valence-corrected chi connectivity index (χ1v) is 10.0. The van der Waals surface area contributed by atoms with Crippen LogP contribution >= 0.6 is 0 Å². The summed E-state index contributed by atoms with van der Waals surface area (Å²) in [6.45, 7) is 8.09. The Labute approximate surface area is 164 Å². The summed E-state index contributed by atoms with van der Waals surface area (Å²) in [6.07, 6.45) is 0. The highest BCUT2D eigenvalue weighted by atomic mass is 32.2. The van der Waals surface area contributed by atoms with Crippen LogP contribution in [0, 0.1) is 6.92 Å². The van der Waals surface area contributed by atoms with Crippen molar-refractivity contribution in [1.82, 2.24) is 9.55 Å². The molecule has 0 unspecified atom stereocenters. The molecular weight excluding hydrogens is 386 g/mol. The summed E-state index contributed by atoms with van der Waals surface area (Å²) in [5, 5.41) is 0.379. The van der Waals surface area contributed by atoms with Crippen LogP contribution in [0.25, 0.3) is 10.9 Å². The maximum Gasteiger partial charge on any atom is 0.282 e. The average molecular weight is 410 g/mol. The summed E-state index contributed by atoms with van der Waals surface area (Å²) in [4.78, 5) is 18.8. The van der Waals surface area contributed by atoms with Crippen molar-refractivity contribution in [3.8, 4) is 0 Å². The highest BCUT2D eigenvalue weighted by Crippen LogP contribution is 2.31. The molecule has 1 aromatic carbocycles. The molecule has 2 heterocycles. The minimum Gasteiger partial charge on any atom is -0.330 e. The fourth-order valence-electron chi connectivity index (χ4n) is 3.03. The van der Waals surface area contributed by atoms with Crippen LogP contribution in [0.3, 0.4) is 0 Å². The van der Waals surface area contributed by atoms with Gasteiger partial charge < -0.3 is 4.90 Å². The number of hydrogen-bond acceptors (Lipinski definition) is 4. The molecule has 1 aliphatic rings. The molecule has 2 aromatic rings. The first kappa shape index (κ1) is 20.6. The fraction of sp³-hybridized carbons (Fsp3) is 0.526. The van der Waals surface area contributed by atoms with Gasteiger partial charge in [0.2, 0.25) is 5.95 Å². The standard InChI is InChI=1S/C19H24F2N4O2S/c1-11-7-13(12(2)23-28(27)18(3,4)5)15-14(8-11)16(26)24(6)17(22-15)25-9-19(20,21)10-25/h7-8H,9-10H2,1-6H3/b23-12-/t28-/m1/s1. The maximum absolute atomic E-state index is 13.3. The maximum atomic E-state index is 13.3. The van der Waals surface area contributed by atoms with E-state index in [0.717, 1.165) is 5.56 Å². The van der Waals surface area contributed by atoms with Crippen LogP contribution in [0.15, 0.2) is 21.3 Å². The molecule has 0 amide bonds. The number of fused-ring (bicyclic) bond motifs is 1. The number of alkyl halides is 2. The van der Waals surface area contributed by atoms with Crippen molar-refractivity contribution < 1.29 is 13.0 Å². The van der Waals surface area contributed by atoms with Gasteiger partial charge in [0.15, 0.2) is 0 Å². The van der Waals surface area contributed by atoms with E-state index in [0.29, 0.717) is 22.2 Å². The molecule has 152 valence electrons. The van der Waals surface area contributed by atoms with Gasteiger partial charge in [0, 0.05) is 12.6 Å². The topological polar surface area (TPSA) is 67.6 Å². The Morgan fingerprint density at radius 2 is 1.89 bits per heavy atom. The third-order valence-corrected chi connectivity index (χ3v) is 6.05. The van der Waals surface area contributed by atoms with Crippen LogP contribution in [0.5, 0.6) is 0 Å². The van der Waals surface area contributed by atoms with Crippen molar-refractivity contribution in [1.29, 1.82) is 0 Å². The molecule has 3 rings (SSSR count). The van der Waals surface area contributed by atoms with Crippen molar-refractivity contribution >= 4 is 33.5 Å². The summed E-state index contributed by atoms with van der Waals surface area (Å²) in [5.41, 5.74) is 1.97. The lowest BCUT2D eigenvalue weighted by atomic mass is 10.0. The van der Waals surface area contributed by atoms with Gasteiger partial charge in [-0.05, 0) is 52.3 Å². The molecule has 0 N–H and O–H groups in total. The third-order valence-electron chi connectivity index (χ3n) is 4.56. The lowest BCUT2D eigenvalue weighted by Gasteiger charge is -2.39. The lowest BCUT2D eigenvalue weighted by molar-refractivity contribution is -0.0275. The van der Waals surface area contributed by atoms with Crippen LogP contribution in [0.2, 0.25) is 0 Å². The van der Waals surface area contributed by atoms with Crippen LogP contribution < -0.4 is 10.5 Å². The SMILES string of the molecule is C/C(=N/[S@](=O)C(C)(C)C)c1cc(C)cc2c(=O)n(C)c(N3CC(F)(F)C3)nc12. The smallest absolute Gasteiger partial charge is 0.282 e. The van der Waals surface area contributed by atoms with Crippen molar-refractivity contribution in [2.24, 2.45) is 11.4 Å². The number of aryl methyl sites for hydroxylation is 1. The highest BCUT2D eigenvalue weighted by Gasteiger charge is 2.45. The number of halogens is 2. The van der Waals surface area contributed by atoms with E-state index in [1.807, 2.05) is 33.8 Å². The number of benzene rings is 1. The molecule has 1 atom stereocenters. The molecule has 1 aromatic heterocycles. The zero-order valence-corrected chi connectivity index (χ0v) is 17.7. The molecule has 6 nitrogen and oxygen atoms in total. The van der Waals surface area contributed by atoms with Crippen molar-refractivity contribution in [3.63, 3.8) is 0 Å². The molecule has 0 aliphatic carbocycles. The molecule has 0 saturated carbocycles. The lowest BCUT2D eigenvalue weighted by Crippen LogP contribution is -2.57. The molecule has 0 radical (unpaired) electrons. The first-order chi connectivity index (χ1) is 12.8. The second kappa shape index (κ2) is 6.72. The van der Waals surface area contributed by atoms with Gasteiger partial charge in [0.1, 0.15) is 11.0 Å². The van der Waals surface area contributed by atoms with Crippen molar-refractivity contribution in [2.45, 2.75) is 45.3 Å². The fourth-order valence-corrected chi connectivity index (χ4v) is 3.65. The Bertz CT molecular complexity index is 1060. The van der Waals surface area contributed by atoms with Gasteiger partial charge in [-0.15, -0.1) is 0 Å². The Kier molecular flexibility index (Phi) is 4.94. The third kappa shape index (κ3) is 3.72. The summed E-state index contributed by atoms with van der Waals surface area (Å²) in [5.74, 6) is -2.58. The van der Waals surface area contributed by atoms with Crippen LogP contribution in [0.1, 0.15) is 38.8 Å². The van der Waals surface area contributed by atoms with E-state index >= 15 is 0 Å². The number of rotatable bonds is 3. The second-order valence-corrected chi connectivity index (χ2v) is 10.1. The number of hydrogen-bond donors (Lipinski definition) is 0. The zero-order valence-electron chi connectivity index (χ0n) is 16.8. The van der Waals surface area contributed by atoms with Gasteiger partial charge in [-0.1, -0.05) is 0 Å². The molecule has 1 fully saturated rings. The minimum atomic E-state index is -2.77. The van der Waals surface area contributed by atoms with Gasteiger partial charge in [-0.25, -0.2) is 18.0 Å². The minimum absolute atomic E-state index is 0.193. The first-order valence-electron chi connectivity index (χ1n) is 8.92. The van der Waals surface area contributed by atoms with E-state index in [-0.39, 0.29) is 11.5 Å². The van der Waals surface area contributed by atoms with Gasteiger partial charge in [-0.3, -0.25) is 9.36 Å². The second-order valence-electron chi connectivity index (χ2n) is 8.23. The summed E-state index contributed by atoms with van der Waals surface area (Å²) in [7, 11) is 0.0511. The summed E-state index contributed by atoms with van der Waals surface area (Å²) >= 11 is 0. The molecule has 1 saturated heterocycles. The molecule has 1 aliphatic heterocycles. The number of aromatic nitrogens is 2. The quantitative estimate of drug-likeness (QED) is 0.730. The van der Waals surface area contributed by atoms with Gasteiger partial charge in [0.25, 0.3) is 11.5 Å². The van der Waals surface area contributed by atoms with Gasteiger partial charge in [0.05, 0.1) is 34.5 Å². The van der Waals surface area contributed by atoms with Crippen molar-refractivity contribution in [2.75, 3.05) is 18.0 Å². The molecule has 0 bridgehead atoms. The Morgan fingerprint density at radius 1 is 1.29 bits per heavy atom. The van der Waals surface area contributed by atoms with Crippen LogP contribution in [-0.2, 0) is 18.0 Å².